The highest BCUT2D eigenvalue weighted by Crippen LogP contribution is 2.45. The molecule has 0 spiro atoms. The van der Waals surface area contributed by atoms with Gasteiger partial charge in [0.05, 0.1) is 0 Å². The van der Waals surface area contributed by atoms with Crippen molar-refractivity contribution >= 4 is 53.4 Å². The number of furan rings is 1. The first-order valence-electron chi connectivity index (χ1n) is 18.7. The molecule has 0 saturated heterocycles. The lowest BCUT2D eigenvalue weighted by Gasteiger charge is -2.10. The van der Waals surface area contributed by atoms with Gasteiger partial charge in [-0.1, -0.05) is 152 Å². The van der Waals surface area contributed by atoms with Crippen LogP contribution in [0.5, 0.6) is 0 Å². The fourth-order valence-corrected chi connectivity index (χ4v) is 9.08. The molecule has 8 aromatic carbocycles. The van der Waals surface area contributed by atoms with Crippen molar-refractivity contribution in [2.45, 2.75) is 0 Å². The molecule has 5 heteroatoms. The summed E-state index contributed by atoms with van der Waals surface area (Å²) >= 11 is 1.86. The molecule has 3 heterocycles. The normalized spacial score (nSPS) is 11.6. The van der Waals surface area contributed by atoms with E-state index >= 15 is 0 Å². The number of benzene rings is 8. The van der Waals surface area contributed by atoms with Crippen molar-refractivity contribution in [3.63, 3.8) is 0 Å². The largest absolute Gasteiger partial charge is 0.456 e. The number of aromatic nitrogens is 3. The van der Waals surface area contributed by atoms with Crippen molar-refractivity contribution in [3.05, 3.63) is 188 Å². The van der Waals surface area contributed by atoms with Gasteiger partial charge in [0.2, 0.25) is 0 Å². The van der Waals surface area contributed by atoms with Crippen LogP contribution < -0.4 is 0 Å². The Hall–Kier alpha value is -7.21. The molecule has 0 unspecified atom stereocenters. The predicted octanol–water partition coefficient (Wildman–Crippen LogP) is 14.1. The van der Waals surface area contributed by atoms with E-state index in [1.54, 1.807) is 0 Å². The first-order valence-corrected chi connectivity index (χ1v) is 19.5. The number of rotatable bonds is 6. The smallest absolute Gasteiger partial charge is 0.164 e. The lowest BCUT2D eigenvalue weighted by atomic mass is 9.94. The van der Waals surface area contributed by atoms with E-state index < -0.39 is 0 Å². The van der Waals surface area contributed by atoms with Gasteiger partial charge in [0.1, 0.15) is 11.2 Å². The molecule has 262 valence electrons. The average molecular weight is 734 g/mol. The van der Waals surface area contributed by atoms with E-state index in [1.165, 1.54) is 36.9 Å². The molecule has 3 aromatic heterocycles. The van der Waals surface area contributed by atoms with Gasteiger partial charge in [0.25, 0.3) is 0 Å². The van der Waals surface area contributed by atoms with Gasteiger partial charge < -0.3 is 4.42 Å². The van der Waals surface area contributed by atoms with Crippen LogP contribution >= 0.6 is 11.3 Å². The minimum atomic E-state index is 0.590. The molecule has 0 aliphatic carbocycles. The van der Waals surface area contributed by atoms with Crippen LogP contribution in [0.2, 0.25) is 0 Å². The maximum Gasteiger partial charge on any atom is 0.164 e. The second-order valence-corrected chi connectivity index (χ2v) is 15.0. The van der Waals surface area contributed by atoms with Crippen molar-refractivity contribution < 1.29 is 4.42 Å². The van der Waals surface area contributed by atoms with Crippen molar-refractivity contribution in [2.75, 3.05) is 0 Å². The van der Waals surface area contributed by atoms with Gasteiger partial charge in [-0.05, 0) is 69.8 Å². The zero-order valence-electron chi connectivity index (χ0n) is 30.1. The third kappa shape index (κ3) is 5.56. The molecule has 0 aliphatic heterocycles. The maximum absolute atomic E-state index is 6.68. The number of hydrogen-bond acceptors (Lipinski definition) is 5. The van der Waals surface area contributed by atoms with E-state index in [4.69, 9.17) is 19.4 Å². The molecule has 0 amide bonds. The maximum atomic E-state index is 6.68. The number of thiophene rings is 1. The van der Waals surface area contributed by atoms with E-state index in [9.17, 15) is 0 Å². The fraction of sp³-hybridized carbons (Fsp3) is 0. The zero-order valence-corrected chi connectivity index (χ0v) is 30.9. The summed E-state index contributed by atoms with van der Waals surface area (Å²) in [6.07, 6.45) is 0. The van der Waals surface area contributed by atoms with E-state index in [0.717, 1.165) is 55.3 Å². The van der Waals surface area contributed by atoms with Gasteiger partial charge in [0, 0.05) is 47.6 Å². The summed E-state index contributed by atoms with van der Waals surface area (Å²) in [6, 6.07) is 65.6. The Morgan fingerprint density at radius 2 is 0.857 bits per heavy atom. The van der Waals surface area contributed by atoms with Crippen LogP contribution in [0.1, 0.15) is 0 Å². The molecule has 0 N–H and O–H groups in total. The van der Waals surface area contributed by atoms with E-state index in [1.807, 2.05) is 47.7 Å². The zero-order chi connectivity index (χ0) is 37.0. The Labute approximate surface area is 327 Å². The van der Waals surface area contributed by atoms with Gasteiger partial charge >= 0.3 is 0 Å². The van der Waals surface area contributed by atoms with Gasteiger partial charge in [-0.3, -0.25) is 0 Å². The van der Waals surface area contributed by atoms with E-state index in [-0.39, 0.29) is 0 Å². The number of fused-ring (bicyclic) bond motifs is 6. The monoisotopic (exact) mass is 733 g/mol. The third-order valence-corrected chi connectivity index (χ3v) is 11.8. The second kappa shape index (κ2) is 13.3. The Morgan fingerprint density at radius 1 is 0.339 bits per heavy atom. The quantitative estimate of drug-likeness (QED) is 0.171. The van der Waals surface area contributed by atoms with E-state index in [2.05, 4.69) is 152 Å². The van der Waals surface area contributed by atoms with Crippen LogP contribution in [0.15, 0.2) is 192 Å². The first-order chi connectivity index (χ1) is 27.7. The minimum Gasteiger partial charge on any atom is -0.456 e. The highest BCUT2D eigenvalue weighted by atomic mass is 32.1. The van der Waals surface area contributed by atoms with Gasteiger partial charge in [0.15, 0.2) is 17.5 Å². The minimum absolute atomic E-state index is 0.590. The van der Waals surface area contributed by atoms with E-state index in [0.29, 0.717) is 17.5 Å². The molecule has 11 aromatic rings. The van der Waals surface area contributed by atoms with Gasteiger partial charge in [-0.15, -0.1) is 11.3 Å². The second-order valence-electron chi connectivity index (χ2n) is 14.0. The summed E-state index contributed by atoms with van der Waals surface area (Å²) in [5.41, 5.74) is 11.4. The number of nitrogens with zero attached hydrogens (tertiary/aromatic N) is 3. The molecule has 0 atom stereocenters. The molecule has 0 radical (unpaired) electrons. The average Bonchev–Trinajstić information content (AvgIpc) is 3.85. The first kappa shape index (κ1) is 32.2. The van der Waals surface area contributed by atoms with Gasteiger partial charge in [-0.25, -0.2) is 15.0 Å². The number of hydrogen-bond donors (Lipinski definition) is 0. The van der Waals surface area contributed by atoms with Crippen molar-refractivity contribution in [2.24, 2.45) is 0 Å². The molecule has 0 bridgehead atoms. The molecule has 4 nitrogen and oxygen atoms in total. The Bertz CT molecular complexity index is 3240. The summed E-state index contributed by atoms with van der Waals surface area (Å²) in [7, 11) is 0. The Balaban J connectivity index is 1.03. The van der Waals surface area contributed by atoms with Gasteiger partial charge in [-0.2, -0.15) is 0 Å². The highest BCUT2D eigenvalue weighted by molar-refractivity contribution is 7.26. The van der Waals surface area contributed by atoms with Crippen LogP contribution in [0.3, 0.4) is 0 Å². The lowest BCUT2D eigenvalue weighted by Crippen LogP contribution is -2.00. The molecule has 0 aliphatic rings. The molecule has 0 saturated carbocycles. The molecule has 0 fully saturated rings. The van der Waals surface area contributed by atoms with Crippen LogP contribution in [-0.4, -0.2) is 15.0 Å². The van der Waals surface area contributed by atoms with Crippen molar-refractivity contribution in [1.29, 1.82) is 0 Å². The summed E-state index contributed by atoms with van der Waals surface area (Å²) in [6.45, 7) is 0. The molecule has 56 heavy (non-hydrogen) atoms. The summed E-state index contributed by atoms with van der Waals surface area (Å²) in [5, 5.41) is 4.67. The topological polar surface area (TPSA) is 51.8 Å². The summed E-state index contributed by atoms with van der Waals surface area (Å²) < 4.78 is 9.25. The van der Waals surface area contributed by atoms with Crippen LogP contribution in [-0.2, 0) is 0 Å². The molecule has 11 rings (SSSR count). The van der Waals surface area contributed by atoms with Crippen LogP contribution in [0.4, 0.5) is 0 Å². The SMILES string of the molecule is c1ccc(-c2cccc(-c3nc(-c4ccccc4)nc(-c4ccc5c(c4)oc4cc(-c6ccc(-c7ccccc7)c7sc8ccccc8c67)ccc45)n3)c2)cc1. The lowest BCUT2D eigenvalue weighted by molar-refractivity contribution is 0.669. The van der Waals surface area contributed by atoms with Crippen molar-refractivity contribution in [3.8, 4) is 67.5 Å². The summed E-state index contributed by atoms with van der Waals surface area (Å²) in [5.74, 6) is 1.83. The Kier molecular flexibility index (Phi) is 7.64. The predicted molar refractivity (Wildman–Crippen MR) is 233 cm³/mol. The van der Waals surface area contributed by atoms with Crippen LogP contribution in [0, 0.1) is 0 Å². The third-order valence-electron chi connectivity index (χ3n) is 10.5. The standard InChI is InChI=1S/C51H31N3OS/c1-4-13-32(14-5-1)35-19-12-20-37(29-35)50-52-49(34-17-8-3-9-18-34)53-51(54-50)38-24-26-42-41-25-23-36(30-44(41)55-45(42)31-38)39-27-28-40(33-15-6-2-7-16-33)48-47(39)43-21-10-11-22-46(43)56-48/h1-31H. The summed E-state index contributed by atoms with van der Waals surface area (Å²) in [4.78, 5) is 15.1. The van der Waals surface area contributed by atoms with Crippen LogP contribution in [0.25, 0.3) is 110 Å². The molecular weight excluding hydrogens is 703 g/mol. The van der Waals surface area contributed by atoms with Crippen molar-refractivity contribution in [1.82, 2.24) is 15.0 Å². The Morgan fingerprint density at radius 3 is 1.57 bits per heavy atom. The molecular formula is C51H31N3OS. The fourth-order valence-electron chi connectivity index (χ4n) is 7.82. The highest BCUT2D eigenvalue weighted by Gasteiger charge is 2.18.